The predicted octanol–water partition coefficient (Wildman–Crippen LogP) is 5.42. The van der Waals surface area contributed by atoms with Crippen LogP contribution in [0, 0.1) is 0 Å². The van der Waals surface area contributed by atoms with Crippen molar-refractivity contribution >= 4 is 31.3 Å². The van der Waals surface area contributed by atoms with Crippen molar-refractivity contribution in [2.24, 2.45) is 4.66 Å². The number of benzene rings is 1. The van der Waals surface area contributed by atoms with Crippen LogP contribution >= 0.6 is 11.6 Å². The molecule has 0 spiro atoms. The molecule has 0 fully saturated rings. The van der Waals surface area contributed by atoms with Gasteiger partial charge in [0, 0.05) is 10.6 Å². The van der Waals surface area contributed by atoms with Crippen LogP contribution in [0.25, 0.3) is 5.57 Å². The summed E-state index contributed by atoms with van der Waals surface area (Å²) in [7, 11) is -1.64. The second kappa shape index (κ2) is 5.44. The maximum absolute atomic E-state index is 5.88. The fourth-order valence-electron chi connectivity index (χ4n) is 1.16. The highest BCUT2D eigenvalue weighted by molar-refractivity contribution is 6.79. The first kappa shape index (κ1) is 15.2. The van der Waals surface area contributed by atoms with E-state index in [2.05, 4.69) is 39.7 Å². The Morgan fingerprint density at radius 2 is 1.67 bits per heavy atom. The molecule has 0 aromatic heterocycles. The molecule has 1 rings (SSSR count). The Morgan fingerprint density at radius 1 is 1.17 bits per heavy atom. The normalized spacial score (nSPS) is 11.9. The van der Waals surface area contributed by atoms with Gasteiger partial charge >= 0.3 is 0 Å². The summed E-state index contributed by atoms with van der Waals surface area (Å²) in [5.41, 5.74) is 2.19. The fourth-order valence-corrected chi connectivity index (χ4v) is 2.06. The molecule has 0 aliphatic carbocycles. The summed E-state index contributed by atoms with van der Waals surface area (Å²) in [6.45, 7) is 13.3. The van der Waals surface area contributed by atoms with Crippen LogP contribution in [0.15, 0.2) is 28.9 Å². The van der Waals surface area contributed by atoms with Crippen LogP contribution in [0.1, 0.15) is 33.3 Å². The van der Waals surface area contributed by atoms with Crippen LogP contribution in [0.3, 0.4) is 0 Å². The summed E-state index contributed by atoms with van der Waals surface area (Å²) in [6.07, 6.45) is 0. The standard InChI is InChI=1S/C15H22ClNSi/c1-12(13-7-9-14(16)10-8-13)11-17-18(5,6)15(2,3)4/h7-10H,1-6H3. The third-order valence-electron chi connectivity index (χ3n) is 3.62. The minimum atomic E-state index is -1.64. The quantitative estimate of drug-likeness (QED) is 0.506. The van der Waals surface area contributed by atoms with Crippen molar-refractivity contribution in [3.05, 3.63) is 34.9 Å². The Balaban J connectivity index is 3.06. The topological polar surface area (TPSA) is 12.4 Å². The van der Waals surface area contributed by atoms with E-state index in [0.29, 0.717) is 0 Å². The van der Waals surface area contributed by atoms with E-state index in [-0.39, 0.29) is 5.04 Å². The molecule has 1 aromatic rings. The molecule has 0 radical (unpaired) electrons. The average Bonchev–Trinajstić information content (AvgIpc) is 2.25. The van der Waals surface area contributed by atoms with Gasteiger partial charge in [-0.15, -0.1) is 0 Å². The summed E-state index contributed by atoms with van der Waals surface area (Å²) in [6, 6.07) is 7.81. The van der Waals surface area contributed by atoms with Crippen molar-refractivity contribution < 1.29 is 0 Å². The van der Waals surface area contributed by atoms with Crippen LogP contribution in [-0.2, 0) is 0 Å². The van der Waals surface area contributed by atoms with Gasteiger partial charge in [-0.3, -0.25) is 4.66 Å². The highest BCUT2D eigenvalue weighted by atomic mass is 35.5. The van der Waals surface area contributed by atoms with Crippen molar-refractivity contribution in [3.63, 3.8) is 0 Å². The summed E-state index contributed by atoms with van der Waals surface area (Å²) in [4.78, 5) is 0. The first-order chi connectivity index (χ1) is 8.13. The van der Waals surface area contributed by atoms with Crippen molar-refractivity contribution in [1.29, 1.82) is 0 Å². The zero-order valence-electron chi connectivity index (χ0n) is 12.1. The van der Waals surface area contributed by atoms with E-state index in [1.807, 2.05) is 31.2 Å². The van der Waals surface area contributed by atoms with Gasteiger partial charge in [0.1, 0.15) is 0 Å². The van der Waals surface area contributed by atoms with E-state index in [9.17, 15) is 0 Å². The van der Waals surface area contributed by atoms with Crippen LogP contribution in [0.2, 0.25) is 23.2 Å². The SMILES string of the molecule is CC(=C=N[Si](C)(C)C(C)(C)C)c1ccc(Cl)cc1. The molecule has 0 amide bonds. The maximum Gasteiger partial charge on any atom is 0.193 e. The molecule has 0 N–H and O–H groups in total. The number of rotatable bonds is 2. The highest BCUT2D eigenvalue weighted by Gasteiger charge is 2.35. The molecule has 1 aromatic carbocycles. The lowest BCUT2D eigenvalue weighted by atomic mass is 10.1. The fraction of sp³-hybridized carbons (Fsp3) is 0.467. The van der Waals surface area contributed by atoms with Crippen LogP contribution < -0.4 is 0 Å². The lowest BCUT2D eigenvalue weighted by Crippen LogP contribution is -2.34. The number of allylic oxidation sites excluding steroid dienone is 1. The first-order valence-corrected chi connectivity index (χ1v) is 9.53. The van der Waals surface area contributed by atoms with Gasteiger partial charge in [0.25, 0.3) is 0 Å². The van der Waals surface area contributed by atoms with Gasteiger partial charge in [-0.2, -0.15) is 0 Å². The van der Waals surface area contributed by atoms with Crippen LogP contribution in [0.5, 0.6) is 0 Å². The molecule has 98 valence electrons. The second-order valence-corrected chi connectivity index (χ2v) is 11.4. The van der Waals surface area contributed by atoms with Crippen LogP contribution in [0.4, 0.5) is 0 Å². The molecular formula is C15H22ClNSi. The molecule has 0 atom stereocenters. The molecule has 0 saturated heterocycles. The molecule has 3 heteroatoms. The number of nitrogens with zero attached hydrogens (tertiary/aromatic N) is 1. The Bertz CT molecular complexity index is 474. The minimum absolute atomic E-state index is 0.250. The van der Waals surface area contributed by atoms with Gasteiger partial charge in [0.05, 0.1) is 0 Å². The van der Waals surface area contributed by atoms with Crippen molar-refractivity contribution in [1.82, 2.24) is 0 Å². The Labute approximate surface area is 117 Å². The summed E-state index contributed by atoms with van der Waals surface area (Å²) in [5.74, 6) is 3.23. The maximum atomic E-state index is 5.88. The first-order valence-electron chi connectivity index (χ1n) is 6.21. The van der Waals surface area contributed by atoms with Gasteiger partial charge in [-0.05, 0) is 48.6 Å². The van der Waals surface area contributed by atoms with Gasteiger partial charge in [-0.25, -0.2) is 0 Å². The molecule has 0 unspecified atom stereocenters. The van der Waals surface area contributed by atoms with Gasteiger partial charge < -0.3 is 0 Å². The number of halogens is 1. The molecule has 0 aliphatic heterocycles. The number of hydrogen-bond donors (Lipinski definition) is 0. The van der Waals surface area contributed by atoms with E-state index in [0.717, 1.165) is 16.2 Å². The van der Waals surface area contributed by atoms with Crippen LogP contribution in [-0.4, -0.2) is 14.1 Å². The lowest BCUT2D eigenvalue weighted by molar-refractivity contribution is 0.719. The molecule has 0 aliphatic rings. The van der Waals surface area contributed by atoms with E-state index >= 15 is 0 Å². The lowest BCUT2D eigenvalue weighted by Gasteiger charge is -2.31. The second-order valence-electron chi connectivity index (χ2n) is 6.16. The van der Waals surface area contributed by atoms with E-state index in [1.54, 1.807) is 0 Å². The summed E-state index contributed by atoms with van der Waals surface area (Å²) in [5, 5.41) is 1.01. The van der Waals surface area contributed by atoms with Gasteiger partial charge in [0.2, 0.25) is 0 Å². The zero-order valence-corrected chi connectivity index (χ0v) is 13.9. The average molecular weight is 280 g/mol. The monoisotopic (exact) mass is 279 g/mol. The van der Waals surface area contributed by atoms with E-state index in [1.165, 1.54) is 0 Å². The Morgan fingerprint density at radius 3 is 2.11 bits per heavy atom. The Kier molecular flexibility index (Phi) is 4.60. The predicted molar refractivity (Wildman–Crippen MR) is 85.2 cm³/mol. The third-order valence-corrected chi connectivity index (χ3v) is 8.21. The van der Waals surface area contributed by atoms with E-state index < -0.39 is 8.24 Å². The molecular weight excluding hydrogens is 258 g/mol. The highest BCUT2D eigenvalue weighted by Crippen LogP contribution is 2.36. The van der Waals surface area contributed by atoms with Crippen molar-refractivity contribution in [2.75, 3.05) is 0 Å². The smallest absolute Gasteiger partial charge is 0.193 e. The van der Waals surface area contributed by atoms with Crippen molar-refractivity contribution in [3.8, 4) is 0 Å². The minimum Gasteiger partial charge on any atom is -0.283 e. The summed E-state index contributed by atoms with van der Waals surface area (Å²) >= 11 is 5.88. The third kappa shape index (κ3) is 3.84. The van der Waals surface area contributed by atoms with E-state index in [4.69, 9.17) is 16.3 Å². The molecule has 18 heavy (non-hydrogen) atoms. The molecule has 1 nitrogen and oxygen atoms in total. The largest absolute Gasteiger partial charge is 0.283 e. The van der Waals surface area contributed by atoms with Gasteiger partial charge in [-0.1, -0.05) is 44.5 Å². The number of hydrogen-bond acceptors (Lipinski definition) is 1. The van der Waals surface area contributed by atoms with Gasteiger partial charge in [0.15, 0.2) is 8.24 Å². The zero-order chi connectivity index (χ0) is 14.0. The molecule has 0 saturated carbocycles. The molecule has 0 bridgehead atoms. The summed E-state index contributed by atoms with van der Waals surface area (Å²) < 4.78 is 4.74. The Hall–Kier alpha value is -0.823. The van der Waals surface area contributed by atoms with Crippen molar-refractivity contribution in [2.45, 2.75) is 45.8 Å². The molecule has 0 heterocycles.